The van der Waals surface area contributed by atoms with Crippen LogP contribution in [0.5, 0.6) is 0 Å². The molecule has 0 radical (unpaired) electrons. The third-order valence-electron chi connectivity index (χ3n) is 1.66. The second kappa shape index (κ2) is 5.13. The van der Waals surface area contributed by atoms with E-state index in [1.807, 2.05) is 0 Å². The fraction of sp³-hybridized carbons (Fsp3) is 0.182. The summed E-state index contributed by atoms with van der Waals surface area (Å²) in [6, 6.07) is 3.59. The summed E-state index contributed by atoms with van der Waals surface area (Å²) in [6.45, 7) is 0.208. The summed E-state index contributed by atoms with van der Waals surface area (Å²) in [5.74, 6) is 3.32. The van der Waals surface area contributed by atoms with Gasteiger partial charge in [0.15, 0.2) is 0 Å². The van der Waals surface area contributed by atoms with E-state index in [0.717, 1.165) is 6.07 Å². The molecule has 0 atom stereocenters. The molecule has 1 N–H and O–H groups in total. The molecule has 1 rings (SSSR count). The first-order valence-corrected chi connectivity index (χ1v) is 4.16. The van der Waals surface area contributed by atoms with Gasteiger partial charge in [-0.1, -0.05) is 11.8 Å². The molecule has 0 aromatic heterocycles. The highest BCUT2D eigenvalue weighted by atomic mass is 19.1. The number of carbonyl (C=O) groups is 1. The maximum absolute atomic E-state index is 13.2. The monoisotopic (exact) mass is 208 g/mol. The van der Waals surface area contributed by atoms with Crippen molar-refractivity contribution in [1.82, 2.24) is 0 Å². The van der Waals surface area contributed by atoms with E-state index in [0.29, 0.717) is 0 Å². The van der Waals surface area contributed by atoms with Crippen LogP contribution in [0.2, 0.25) is 0 Å². The molecule has 0 aliphatic heterocycles. The van der Waals surface area contributed by atoms with Gasteiger partial charge in [-0.05, 0) is 18.2 Å². The molecule has 0 aliphatic rings. The molecule has 3 nitrogen and oxygen atoms in total. The summed E-state index contributed by atoms with van der Waals surface area (Å²) < 4.78 is 17.9. The Hall–Kier alpha value is -1.86. The number of hydrogen-bond acceptors (Lipinski definition) is 2. The predicted molar refractivity (Wildman–Crippen MR) is 52.1 cm³/mol. The third-order valence-corrected chi connectivity index (χ3v) is 1.66. The number of carboxylic acids is 1. The Morgan fingerprint density at radius 1 is 1.60 bits per heavy atom. The summed E-state index contributed by atoms with van der Waals surface area (Å²) >= 11 is 0. The van der Waals surface area contributed by atoms with Crippen LogP contribution in [0.3, 0.4) is 0 Å². The topological polar surface area (TPSA) is 46.5 Å². The Morgan fingerprint density at radius 2 is 2.33 bits per heavy atom. The average molecular weight is 208 g/mol. The molecule has 0 fully saturated rings. The van der Waals surface area contributed by atoms with Crippen molar-refractivity contribution in [2.75, 3.05) is 13.7 Å². The molecule has 0 aliphatic carbocycles. The Morgan fingerprint density at radius 3 is 2.87 bits per heavy atom. The van der Waals surface area contributed by atoms with E-state index in [-0.39, 0.29) is 17.7 Å². The van der Waals surface area contributed by atoms with Gasteiger partial charge in [0, 0.05) is 7.11 Å². The lowest BCUT2D eigenvalue weighted by atomic mass is 10.1. The van der Waals surface area contributed by atoms with Gasteiger partial charge in [-0.25, -0.2) is 9.18 Å². The maximum Gasteiger partial charge on any atom is 0.335 e. The molecule has 78 valence electrons. The van der Waals surface area contributed by atoms with Crippen molar-refractivity contribution < 1.29 is 19.0 Å². The number of hydrogen-bond donors (Lipinski definition) is 1. The SMILES string of the molecule is COCC#Cc1ccc(C(=O)O)cc1F. The van der Waals surface area contributed by atoms with E-state index in [4.69, 9.17) is 5.11 Å². The zero-order valence-corrected chi connectivity index (χ0v) is 8.08. The second-order valence-corrected chi connectivity index (χ2v) is 2.73. The van der Waals surface area contributed by atoms with Crippen molar-refractivity contribution in [2.24, 2.45) is 0 Å². The van der Waals surface area contributed by atoms with Gasteiger partial charge in [0.2, 0.25) is 0 Å². The standard InChI is InChI=1S/C11H9FO3/c1-15-6-2-3-8-4-5-9(11(13)14)7-10(8)12/h4-5,7H,6H2,1H3,(H,13,14). The molecule has 15 heavy (non-hydrogen) atoms. The second-order valence-electron chi connectivity index (χ2n) is 2.73. The highest BCUT2D eigenvalue weighted by Crippen LogP contribution is 2.09. The fourth-order valence-corrected chi connectivity index (χ4v) is 0.953. The summed E-state index contributed by atoms with van der Waals surface area (Å²) in [7, 11) is 1.48. The quantitative estimate of drug-likeness (QED) is 0.749. The Bertz CT molecular complexity index is 429. The lowest BCUT2D eigenvalue weighted by Crippen LogP contribution is -1.97. The third kappa shape index (κ3) is 3.08. The molecule has 0 saturated carbocycles. The van der Waals surface area contributed by atoms with Gasteiger partial charge in [0.25, 0.3) is 0 Å². The van der Waals surface area contributed by atoms with Crippen molar-refractivity contribution in [3.63, 3.8) is 0 Å². The highest BCUT2D eigenvalue weighted by molar-refractivity contribution is 5.87. The van der Waals surface area contributed by atoms with E-state index >= 15 is 0 Å². The minimum Gasteiger partial charge on any atom is -0.478 e. The lowest BCUT2D eigenvalue weighted by molar-refractivity contribution is 0.0696. The zero-order chi connectivity index (χ0) is 11.3. The summed E-state index contributed by atoms with van der Waals surface area (Å²) in [4.78, 5) is 10.5. The normalized spacial score (nSPS) is 9.20. The minimum atomic E-state index is -1.16. The number of halogens is 1. The van der Waals surface area contributed by atoms with E-state index in [1.165, 1.54) is 19.2 Å². The molecular weight excluding hydrogens is 199 g/mol. The van der Waals surface area contributed by atoms with Crippen LogP contribution in [-0.2, 0) is 4.74 Å². The molecule has 0 spiro atoms. The van der Waals surface area contributed by atoms with Crippen molar-refractivity contribution in [3.05, 3.63) is 35.1 Å². The van der Waals surface area contributed by atoms with E-state index < -0.39 is 11.8 Å². The molecule has 0 bridgehead atoms. The van der Waals surface area contributed by atoms with Gasteiger partial charge in [-0.3, -0.25) is 0 Å². The molecule has 1 aromatic carbocycles. The Labute approximate surface area is 86.5 Å². The van der Waals surface area contributed by atoms with Gasteiger partial charge in [-0.15, -0.1) is 0 Å². The summed E-state index contributed by atoms with van der Waals surface area (Å²) in [5, 5.41) is 8.59. The summed E-state index contributed by atoms with van der Waals surface area (Å²) in [5.41, 5.74) is 0.0711. The lowest BCUT2D eigenvalue weighted by Gasteiger charge is -1.96. The van der Waals surface area contributed by atoms with Crippen molar-refractivity contribution >= 4 is 5.97 Å². The molecule has 0 saturated heterocycles. The first kappa shape index (κ1) is 11.2. The number of carboxylic acid groups (broad SMARTS) is 1. The van der Waals surface area contributed by atoms with Gasteiger partial charge < -0.3 is 9.84 Å². The van der Waals surface area contributed by atoms with Crippen LogP contribution in [0.15, 0.2) is 18.2 Å². The largest absolute Gasteiger partial charge is 0.478 e. The van der Waals surface area contributed by atoms with Crippen LogP contribution in [0.1, 0.15) is 15.9 Å². The molecule has 0 heterocycles. The number of benzene rings is 1. The van der Waals surface area contributed by atoms with E-state index in [9.17, 15) is 9.18 Å². The van der Waals surface area contributed by atoms with Gasteiger partial charge >= 0.3 is 5.97 Å². The van der Waals surface area contributed by atoms with Gasteiger partial charge in [0.1, 0.15) is 12.4 Å². The predicted octanol–water partition coefficient (Wildman–Crippen LogP) is 1.52. The molecule has 0 amide bonds. The fourth-order valence-electron chi connectivity index (χ4n) is 0.953. The Kier molecular flexibility index (Phi) is 3.83. The average Bonchev–Trinajstić information content (AvgIpc) is 2.20. The van der Waals surface area contributed by atoms with Gasteiger partial charge in [0.05, 0.1) is 11.1 Å². The van der Waals surface area contributed by atoms with E-state index in [1.54, 1.807) is 0 Å². The van der Waals surface area contributed by atoms with E-state index in [2.05, 4.69) is 16.6 Å². The van der Waals surface area contributed by atoms with Crippen LogP contribution in [0.4, 0.5) is 4.39 Å². The number of rotatable bonds is 2. The Balaban J connectivity index is 2.95. The molecule has 4 heteroatoms. The van der Waals surface area contributed by atoms with Gasteiger partial charge in [-0.2, -0.15) is 0 Å². The first-order chi connectivity index (χ1) is 7.15. The molecular formula is C11H9FO3. The number of aromatic carboxylic acids is 1. The van der Waals surface area contributed by atoms with Crippen molar-refractivity contribution in [1.29, 1.82) is 0 Å². The van der Waals surface area contributed by atoms with Crippen LogP contribution < -0.4 is 0 Å². The zero-order valence-electron chi connectivity index (χ0n) is 8.08. The number of methoxy groups -OCH3 is 1. The molecule has 1 aromatic rings. The van der Waals surface area contributed by atoms with Crippen molar-refractivity contribution in [2.45, 2.75) is 0 Å². The van der Waals surface area contributed by atoms with Crippen LogP contribution in [0, 0.1) is 17.7 Å². The smallest absolute Gasteiger partial charge is 0.335 e. The van der Waals surface area contributed by atoms with Crippen LogP contribution in [0.25, 0.3) is 0 Å². The highest BCUT2D eigenvalue weighted by Gasteiger charge is 2.06. The van der Waals surface area contributed by atoms with Crippen molar-refractivity contribution in [3.8, 4) is 11.8 Å². The van der Waals surface area contributed by atoms with Crippen LogP contribution in [-0.4, -0.2) is 24.8 Å². The maximum atomic E-state index is 13.2. The number of ether oxygens (including phenoxy) is 1. The summed E-state index contributed by atoms with van der Waals surface area (Å²) in [6.07, 6.45) is 0. The molecule has 0 unspecified atom stereocenters. The minimum absolute atomic E-state index is 0.0928. The van der Waals surface area contributed by atoms with Crippen LogP contribution >= 0.6 is 0 Å². The first-order valence-electron chi connectivity index (χ1n) is 4.16.